The molecular weight excluding hydrogens is 292 g/mol. The van der Waals surface area contributed by atoms with Crippen LogP contribution in [0.5, 0.6) is 0 Å². The standard InChI is InChI=1S/C15H25ClN2OS/c1-3-10(17)15(13-8-9-14(16)20-13)18(2)11-6-4-5-7-12(11)19/h8-12,15,19H,3-7,17H2,1-2H3. The van der Waals surface area contributed by atoms with E-state index in [0.717, 1.165) is 30.0 Å². The lowest BCUT2D eigenvalue weighted by Gasteiger charge is -2.41. The van der Waals surface area contributed by atoms with Gasteiger partial charge in [-0.05, 0) is 38.4 Å². The van der Waals surface area contributed by atoms with Crippen LogP contribution in [0, 0.1) is 0 Å². The number of hydrogen-bond donors (Lipinski definition) is 2. The molecule has 3 nitrogen and oxygen atoms in total. The van der Waals surface area contributed by atoms with Crippen molar-refractivity contribution in [1.82, 2.24) is 4.90 Å². The Balaban J connectivity index is 2.21. The lowest BCUT2D eigenvalue weighted by atomic mass is 9.89. The molecule has 20 heavy (non-hydrogen) atoms. The summed E-state index contributed by atoms with van der Waals surface area (Å²) in [5.41, 5.74) is 6.35. The van der Waals surface area contributed by atoms with E-state index in [4.69, 9.17) is 17.3 Å². The molecule has 4 unspecified atom stereocenters. The third kappa shape index (κ3) is 3.55. The molecule has 0 spiro atoms. The Morgan fingerprint density at radius 2 is 2.15 bits per heavy atom. The summed E-state index contributed by atoms with van der Waals surface area (Å²) in [7, 11) is 2.09. The van der Waals surface area contributed by atoms with Crippen LogP contribution >= 0.6 is 22.9 Å². The summed E-state index contributed by atoms with van der Waals surface area (Å²) in [6.45, 7) is 2.11. The van der Waals surface area contributed by atoms with Gasteiger partial charge in [0.1, 0.15) is 0 Å². The number of nitrogens with zero attached hydrogens (tertiary/aromatic N) is 1. The summed E-state index contributed by atoms with van der Waals surface area (Å²) in [4.78, 5) is 3.48. The van der Waals surface area contributed by atoms with Crippen molar-refractivity contribution in [2.75, 3.05) is 7.05 Å². The number of aliphatic hydroxyl groups is 1. The minimum atomic E-state index is -0.240. The average Bonchev–Trinajstić information content (AvgIpc) is 2.85. The first-order chi connectivity index (χ1) is 9.54. The molecule has 0 radical (unpaired) electrons. The van der Waals surface area contributed by atoms with E-state index in [1.165, 1.54) is 11.3 Å². The van der Waals surface area contributed by atoms with Gasteiger partial charge in [-0.3, -0.25) is 4.90 Å². The predicted molar refractivity (Wildman–Crippen MR) is 86.4 cm³/mol. The van der Waals surface area contributed by atoms with Crippen LogP contribution in [0.2, 0.25) is 4.34 Å². The fourth-order valence-electron chi connectivity index (χ4n) is 3.20. The highest BCUT2D eigenvalue weighted by atomic mass is 35.5. The summed E-state index contributed by atoms with van der Waals surface area (Å²) < 4.78 is 0.797. The predicted octanol–water partition coefficient (Wildman–Crippen LogP) is 3.42. The average molecular weight is 317 g/mol. The molecule has 5 heteroatoms. The zero-order valence-corrected chi connectivity index (χ0v) is 13.8. The van der Waals surface area contributed by atoms with Gasteiger partial charge in [-0.25, -0.2) is 0 Å². The van der Waals surface area contributed by atoms with E-state index in [0.29, 0.717) is 0 Å². The number of likely N-dealkylation sites (N-methyl/N-ethyl adjacent to an activating group) is 1. The Morgan fingerprint density at radius 1 is 1.45 bits per heavy atom. The number of nitrogens with two attached hydrogens (primary N) is 1. The van der Waals surface area contributed by atoms with Crippen LogP contribution in [-0.2, 0) is 0 Å². The molecule has 0 bridgehead atoms. The molecule has 0 amide bonds. The van der Waals surface area contributed by atoms with Crippen LogP contribution in [0.1, 0.15) is 49.9 Å². The van der Waals surface area contributed by atoms with E-state index in [-0.39, 0.29) is 24.2 Å². The number of hydrogen-bond acceptors (Lipinski definition) is 4. The van der Waals surface area contributed by atoms with Crippen LogP contribution in [0.15, 0.2) is 12.1 Å². The zero-order valence-electron chi connectivity index (χ0n) is 12.3. The molecule has 4 atom stereocenters. The van der Waals surface area contributed by atoms with Crippen LogP contribution in [0.25, 0.3) is 0 Å². The van der Waals surface area contributed by atoms with Crippen molar-refractivity contribution in [2.24, 2.45) is 5.73 Å². The topological polar surface area (TPSA) is 49.5 Å². The van der Waals surface area contributed by atoms with E-state index >= 15 is 0 Å². The summed E-state index contributed by atoms with van der Waals surface area (Å²) in [6.07, 6.45) is 4.92. The largest absolute Gasteiger partial charge is 0.391 e. The van der Waals surface area contributed by atoms with E-state index in [1.807, 2.05) is 6.07 Å². The van der Waals surface area contributed by atoms with E-state index in [9.17, 15) is 5.11 Å². The fraction of sp³-hybridized carbons (Fsp3) is 0.733. The number of aliphatic hydroxyl groups excluding tert-OH is 1. The zero-order chi connectivity index (χ0) is 14.7. The van der Waals surface area contributed by atoms with Gasteiger partial charge in [0.15, 0.2) is 0 Å². The Bertz CT molecular complexity index is 426. The second-order valence-corrected chi connectivity index (χ2v) is 7.49. The molecule has 1 aliphatic carbocycles. The first-order valence-corrected chi connectivity index (χ1v) is 8.64. The molecule has 2 rings (SSSR count). The molecule has 1 fully saturated rings. The Morgan fingerprint density at radius 3 is 2.70 bits per heavy atom. The molecule has 0 aromatic carbocycles. The van der Waals surface area contributed by atoms with Gasteiger partial charge in [-0.15, -0.1) is 11.3 Å². The van der Waals surface area contributed by atoms with Crippen molar-refractivity contribution in [3.63, 3.8) is 0 Å². The monoisotopic (exact) mass is 316 g/mol. The van der Waals surface area contributed by atoms with Crippen molar-refractivity contribution in [3.8, 4) is 0 Å². The van der Waals surface area contributed by atoms with Gasteiger partial charge < -0.3 is 10.8 Å². The Labute approximate surface area is 130 Å². The summed E-state index contributed by atoms with van der Waals surface area (Å²) in [5.74, 6) is 0. The maximum absolute atomic E-state index is 10.3. The van der Waals surface area contributed by atoms with Gasteiger partial charge in [-0.2, -0.15) is 0 Å². The summed E-state index contributed by atoms with van der Waals surface area (Å²) in [5, 5.41) is 10.3. The number of halogens is 1. The van der Waals surface area contributed by atoms with E-state index < -0.39 is 0 Å². The highest BCUT2D eigenvalue weighted by Crippen LogP contribution is 2.36. The van der Waals surface area contributed by atoms with Crippen molar-refractivity contribution in [3.05, 3.63) is 21.3 Å². The van der Waals surface area contributed by atoms with Crippen LogP contribution in [0.4, 0.5) is 0 Å². The fourth-order valence-corrected chi connectivity index (χ4v) is 4.49. The highest BCUT2D eigenvalue weighted by molar-refractivity contribution is 7.16. The quantitative estimate of drug-likeness (QED) is 0.875. The maximum Gasteiger partial charge on any atom is 0.0931 e. The van der Waals surface area contributed by atoms with Gasteiger partial charge in [0.2, 0.25) is 0 Å². The van der Waals surface area contributed by atoms with Crippen molar-refractivity contribution in [2.45, 2.75) is 63.3 Å². The molecule has 1 aliphatic rings. The van der Waals surface area contributed by atoms with Crippen molar-refractivity contribution < 1.29 is 5.11 Å². The molecule has 1 saturated carbocycles. The molecule has 3 N–H and O–H groups in total. The normalized spacial score (nSPS) is 26.7. The lowest BCUT2D eigenvalue weighted by molar-refractivity contribution is 0.00720. The van der Waals surface area contributed by atoms with E-state index in [1.54, 1.807) is 11.3 Å². The first kappa shape index (κ1) is 16.2. The van der Waals surface area contributed by atoms with Crippen LogP contribution in [0.3, 0.4) is 0 Å². The Hall–Kier alpha value is -0.130. The van der Waals surface area contributed by atoms with Gasteiger partial charge in [0.25, 0.3) is 0 Å². The van der Waals surface area contributed by atoms with Gasteiger partial charge in [-0.1, -0.05) is 31.4 Å². The second kappa shape index (κ2) is 7.23. The van der Waals surface area contributed by atoms with Crippen molar-refractivity contribution >= 4 is 22.9 Å². The smallest absolute Gasteiger partial charge is 0.0931 e. The lowest BCUT2D eigenvalue weighted by Crippen LogP contribution is -2.49. The molecule has 1 aromatic rings. The SMILES string of the molecule is CCC(N)C(c1ccc(Cl)s1)N(C)C1CCCCC1O. The van der Waals surface area contributed by atoms with Gasteiger partial charge in [0.05, 0.1) is 16.5 Å². The van der Waals surface area contributed by atoms with Gasteiger partial charge >= 0.3 is 0 Å². The minimum absolute atomic E-state index is 0.0591. The first-order valence-electron chi connectivity index (χ1n) is 7.45. The minimum Gasteiger partial charge on any atom is -0.391 e. The van der Waals surface area contributed by atoms with Crippen molar-refractivity contribution in [1.29, 1.82) is 0 Å². The molecule has 0 saturated heterocycles. The number of rotatable bonds is 5. The highest BCUT2D eigenvalue weighted by Gasteiger charge is 2.34. The second-order valence-electron chi connectivity index (χ2n) is 5.74. The molecule has 0 aliphatic heterocycles. The van der Waals surface area contributed by atoms with E-state index in [2.05, 4.69) is 24.9 Å². The Kier molecular flexibility index (Phi) is 5.87. The molecular formula is C15H25ClN2OS. The molecule has 1 aromatic heterocycles. The van der Waals surface area contributed by atoms with Crippen LogP contribution < -0.4 is 5.73 Å². The summed E-state index contributed by atoms with van der Waals surface area (Å²) >= 11 is 7.68. The third-order valence-electron chi connectivity index (χ3n) is 4.42. The molecule has 1 heterocycles. The third-order valence-corrected chi connectivity index (χ3v) is 5.72. The molecule has 114 valence electrons. The maximum atomic E-state index is 10.3. The number of thiophene rings is 1. The summed E-state index contributed by atoms with van der Waals surface area (Å²) in [6, 6.07) is 4.40. The van der Waals surface area contributed by atoms with Crippen LogP contribution in [-0.4, -0.2) is 35.2 Å². The van der Waals surface area contributed by atoms with Gasteiger partial charge in [0, 0.05) is 17.0 Å².